The number of amides is 4. The highest BCUT2D eigenvalue weighted by atomic mass is 35.5. The Balaban J connectivity index is 1.70. The van der Waals surface area contributed by atoms with Crippen molar-refractivity contribution < 1.29 is 19.2 Å². The third kappa shape index (κ3) is 4.83. The Morgan fingerprint density at radius 3 is 2.19 bits per heavy atom. The quantitative estimate of drug-likeness (QED) is 0.588. The van der Waals surface area contributed by atoms with Crippen LogP contribution in [0.3, 0.4) is 0 Å². The number of likely N-dealkylation sites (N-methyl/N-ethyl adjacent to an activating group) is 1. The van der Waals surface area contributed by atoms with Crippen molar-refractivity contribution in [3.8, 4) is 0 Å². The molecule has 0 saturated heterocycles. The van der Waals surface area contributed by atoms with Crippen molar-refractivity contribution in [3.05, 3.63) is 70.2 Å². The van der Waals surface area contributed by atoms with Gasteiger partial charge >= 0.3 is 0 Å². The van der Waals surface area contributed by atoms with E-state index in [2.05, 4.69) is 5.32 Å². The second kappa shape index (κ2) is 10.4. The van der Waals surface area contributed by atoms with Crippen LogP contribution in [0.1, 0.15) is 52.5 Å². The lowest BCUT2D eigenvalue weighted by atomic mass is 10.1. The summed E-state index contributed by atoms with van der Waals surface area (Å²) in [5, 5.41) is 3.13. The normalized spacial score (nSPS) is 13.7. The average molecular weight is 456 g/mol. The molecule has 1 atom stereocenters. The SMILES string of the molecule is CC[C@@H](C(=O)NC)N(Cc1ccccc1Cl)C(=O)CCCN1C(=O)c2ccccc2C1=O. The highest BCUT2D eigenvalue weighted by Crippen LogP contribution is 2.24. The topological polar surface area (TPSA) is 86.8 Å². The molecule has 4 amide bonds. The highest BCUT2D eigenvalue weighted by molar-refractivity contribution is 6.31. The van der Waals surface area contributed by atoms with E-state index in [1.807, 2.05) is 19.1 Å². The molecule has 0 spiro atoms. The molecule has 0 unspecified atom stereocenters. The van der Waals surface area contributed by atoms with Gasteiger partial charge in [0.15, 0.2) is 0 Å². The predicted octanol–water partition coefficient (Wildman–Crippen LogP) is 3.27. The zero-order chi connectivity index (χ0) is 23.3. The van der Waals surface area contributed by atoms with Gasteiger partial charge in [0.25, 0.3) is 11.8 Å². The van der Waals surface area contributed by atoms with Gasteiger partial charge in [0.1, 0.15) is 6.04 Å². The number of carbonyl (C=O) groups is 4. The molecule has 0 saturated carbocycles. The average Bonchev–Trinajstić information content (AvgIpc) is 3.04. The Kier molecular flexibility index (Phi) is 7.64. The van der Waals surface area contributed by atoms with Gasteiger partial charge in [0.2, 0.25) is 11.8 Å². The van der Waals surface area contributed by atoms with E-state index in [9.17, 15) is 19.2 Å². The van der Waals surface area contributed by atoms with Crippen LogP contribution in [-0.4, -0.2) is 53.1 Å². The molecule has 8 heteroatoms. The van der Waals surface area contributed by atoms with Crippen LogP contribution in [-0.2, 0) is 16.1 Å². The van der Waals surface area contributed by atoms with E-state index in [4.69, 9.17) is 11.6 Å². The van der Waals surface area contributed by atoms with E-state index in [0.29, 0.717) is 29.0 Å². The molecule has 2 aromatic carbocycles. The monoisotopic (exact) mass is 455 g/mol. The summed E-state index contributed by atoms with van der Waals surface area (Å²) in [5.41, 5.74) is 1.51. The number of hydrogen-bond donors (Lipinski definition) is 1. The zero-order valence-electron chi connectivity index (χ0n) is 18.1. The number of imide groups is 1. The van der Waals surface area contributed by atoms with Crippen LogP contribution in [0.15, 0.2) is 48.5 Å². The van der Waals surface area contributed by atoms with Crippen molar-refractivity contribution in [2.45, 2.75) is 38.8 Å². The van der Waals surface area contributed by atoms with Crippen molar-refractivity contribution >= 4 is 35.2 Å². The molecule has 32 heavy (non-hydrogen) atoms. The fourth-order valence-corrected chi connectivity index (χ4v) is 4.07. The fourth-order valence-electron chi connectivity index (χ4n) is 3.87. The Bertz CT molecular complexity index is 1000. The smallest absolute Gasteiger partial charge is 0.261 e. The summed E-state index contributed by atoms with van der Waals surface area (Å²) in [4.78, 5) is 53.3. The van der Waals surface area contributed by atoms with Crippen LogP contribution < -0.4 is 5.32 Å². The Labute approximate surface area is 192 Å². The molecular weight excluding hydrogens is 430 g/mol. The van der Waals surface area contributed by atoms with Crippen molar-refractivity contribution in [2.75, 3.05) is 13.6 Å². The number of benzene rings is 2. The van der Waals surface area contributed by atoms with Gasteiger partial charge in [0.05, 0.1) is 11.1 Å². The summed E-state index contributed by atoms with van der Waals surface area (Å²) >= 11 is 6.28. The van der Waals surface area contributed by atoms with Crippen LogP contribution in [0.25, 0.3) is 0 Å². The van der Waals surface area contributed by atoms with Crippen molar-refractivity contribution in [1.29, 1.82) is 0 Å². The molecule has 0 bridgehead atoms. The predicted molar refractivity (Wildman–Crippen MR) is 121 cm³/mol. The van der Waals surface area contributed by atoms with E-state index >= 15 is 0 Å². The Morgan fingerprint density at radius 1 is 1.03 bits per heavy atom. The number of fused-ring (bicyclic) bond motifs is 1. The molecule has 168 valence electrons. The fraction of sp³-hybridized carbons (Fsp3) is 0.333. The summed E-state index contributed by atoms with van der Waals surface area (Å²) in [5.74, 6) is -1.18. The Hall–Kier alpha value is -3.19. The number of halogens is 1. The standard InChI is InChI=1S/C24H26ClN3O4/c1-3-20(22(30)26-2)28(15-16-9-4-7-12-19(16)25)21(29)13-8-14-27-23(31)17-10-5-6-11-18(17)24(27)32/h4-7,9-12,20H,3,8,13-15H2,1-2H3,(H,26,30)/t20-/m0/s1. The van der Waals surface area contributed by atoms with Gasteiger partial charge in [-0.15, -0.1) is 0 Å². The van der Waals surface area contributed by atoms with Crippen molar-refractivity contribution in [1.82, 2.24) is 15.1 Å². The van der Waals surface area contributed by atoms with Crippen LogP contribution in [0, 0.1) is 0 Å². The maximum Gasteiger partial charge on any atom is 0.261 e. The molecule has 2 aromatic rings. The third-order valence-electron chi connectivity index (χ3n) is 5.58. The number of nitrogens with zero attached hydrogens (tertiary/aromatic N) is 2. The summed E-state index contributed by atoms with van der Waals surface area (Å²) in [7, 11) is 1.53. The van der Waals surface area contributed by atoms with Gasteiger partial charge < -0.3 is 10.2 Å². The number of carbonyl (C=O) groups excluding carboxylic acids is 4. The summed E-state index contributed by atoms with van der Waals surface area (Å²) < 4.78 is 0. The summed E-state index contributed by atoms with van der Waals surface area (Å²) in [6, 6.07) is 13.2. The van der Waals surface area contributed by atoms with Crippen LogP contribution in [0.5, 0.6) is 0 Å². The van der Waals surface area contributed by atoms with E-state index in [0.717, 1.165) is 5.56 Å². The lowest BCUT2D eigenvalue weighted by molar-refractivity contribution is -0.141. The van der Waals surface area contributed by atoms with Crippen molar-refractivity contribution in [3.63, 3.8) is 0 Å². The molecule has 1 aliphatic heterocycles. The van der Waals surface area contributed by atoms with E-state index in [1.54, 1.807) is 36.4 Å². The second-order valence-corrected chi connectivity index (χ2v) is 7.97. The summed E-state index contributed by atoms with van der Waals surface area (Å²) in [6.45, 7) is 2.16. The lowest BCUT2D eigenvalue weighted by Gasteiger charge is -2.30. The molecule has 1 aliphatic rings. The molecular formula is C24H26ClN3O4. The first-order chi connectivity index (χ1) is 15.4. The van der Waals surface area contributed by atoms with Gasteiger partial charge in [-0.2, -0.15) is 0 Å². The van der Waals surface area contributed by atoms with Crippen LogP contribution >= 0.6 is 11.6 Å². The molecule has 1 N–H and O–H groups in total. The van der Waals surface area contributed by atoms with Crippen LogP contribution in [0.2, 0.25) is 5.02 Å². The zero-order valence-corrected chi connectivity index (χ0v) is 18.9. The van der Waals surface area contributed by atoms with Gasteiger partial charge in [-0.05, 0) is 36.6 Å². The minimum Gasteiger partial charge on any atom is -0.357 e. The molecule has 1 heterocycles. The van der Waals surface area contributed by atoms with Gasteiger partial charge in [-0.25, -0.2) is 0 Å². The first-order valence-corrected chi connectivity index (χ1v) is 11.0. The van der Waals surface area contributed by atoms with E-state index in [1.165, 1.54) is 16.8 Å². The van der Waals surface area contributed by atoms with Crippen molar-refractivity contribution in [2.24, 2.45) is 0 Å². The molecule has 7 nitrogen and oxygen atoms in total. The molecule has 0 fully saturated rings. The maximum absolute atomic E-state index is 13.1. The minimum atomic E-state index is -0.650. The molecule has 0 aromatic heterocycles. The minimum absolute atomic E-state index is 0.0886. The Morgan fingerprint density at radius 2 is 1.62 bits per heavy atom. The van der Waals surface area contributed by atoms with E-state index in [-0.39, 0.29) is 43.1 Å². The second-order valence-electron chi connectivity index (χ2n) is 7.56. The molecule has 0 radical (unpaired) electrons. The number of nitrogens with one attached hydrogen (secondary N) is 1. The van der Waals surface area contributed by atoms with Gasteiger partial charge in [-0.3, -0.25) is 24.1 Å². The first-order valence-electron chi connectivity index (χ1n) is 10.6. The van der Waals surface area contributed by atoms with Gasteiger partial charge in [0, 0.05) is 31.6 Å². The number of rotatable bonds is 9. The first kappa shape index (κ1) is 23.5. The molecule has 0 aliphatic carbocycles. The summed E-state index contributed by atoms with van der Waals surface area (Å²) in [6.07, 6.45) is 0.827. The maximum atomic E-state index is 13.1. The molecule has 3 rings (SSSR count). The largest absolute Gasteiger partial charge is 0.357 e. The van der Waals surface area contributed by atoms with E-state index < -0.39 is 6.04 Å². The third-order valence-corrected chi connectivity index (χ3v) is 5.95. The lowest BCUT2D eigenvalue weighted by Crippen LogP contribution is -2.48. The highest BCUT2D eigenvalue weighted by Gasteiger charge is 2.35. The number of hydrogen-bond acceptors (Lipinski definition) is 4. The van der Waals surface area contributed by atoms with Gasteiger partial charge in [-0.1, -0.05) is 48.9 Å². The van der Waals surface area contributed by atoms with Crippen LogP contribution in [0.4, 0.5) is 0 Å².